The van der Waals surface area contributed by atoms with Gasteiger partial charge >= 0.3 is 0 Å². The third kappa shape index (κ3) is 10.9. The zero-order valence-electron chi connectivity index (χ0n) is 42.7. The number of hydrogen-bond acceptors (Lipinski definition) is 15. The molecule has 0 radical (unpaired) electrons. The maximum absolute atomic E-state index is 14.3. The van der Waals surface area contributed by atoms with Crippen LogP contribution in [-0.2, 0) is 19.2 Å². The zero-order chi connectivity index (χ0) is 54.1. The number of nitrogens with one attached hydrogen (secondary N) is 1. The van der Waals surface area contributed by atoms with Crippen molar-refractivity contribution in [3.05, 3.63) is 119 Å². The van der Waals surface area contributed by atoms with Gasteiger partial charge in [0.25, 0.3) is 5.91 Å². The van der Waals surface area contributed by atoms with Crippen LogP contribution >= 0.6 is 7.26 Å². The van der Waals surface area contributed by atoms with Crippen LogP contribution in [0.1, 0.15) is 93.0 Å². The Hall–Kier alpha value is -6.78. The molecule has 6 atom stereocenters. The number of carboxylic acid groups (broad SMARTS) is 1. The van der Waals surface area contributed by atoms with Gasteiger partial charge in [-0.05, 0) is 124 Å². The molecule has 4 aromatic rings. The van der Waals surface area contributed by atoms with Crippen molar-refractivity contribution in [3.8, 4) is 23.0 Å². The molecule has 0 aliphatic heterocycles. The molecule has 0 aromatic heterocycles. The highest BCUT2D eigenvalue weighted by molar-refractivity contribution is 7.95. The lowest BCUT2D eigenvalue weighted by molar-refractivity contribution is -0.283. The van der Waals surface area contributed by atoms with Gasteiger partial charge in [-0.1, -0.05) is 51.5 Å². The van der Waals surface area contributed by atoms with Gasteiger partial charge in [0.2, 0.25) is 11.7 Å². The molecule has 0 bridgehead atoms. The number of primary amides is 1. The molecule has 0 saturated heterocycles. The molecular weight excluding hydrogens is 970 g/mol. The third-order valence-corrected chi connectivity index (χ3v) is 19.4. The molecule has 4 aromatic carbocycles. The van der Waals surface area contributed by atoms with Crippen LogP contribution in [0.15, 0.2) is 108 Å². The smallest absolute Gasteiger partial charge is 0.255 e. The number of likely N-dealkylation sites (N-methyl/N-ethyl adjacent to an activating group) is 1. The van der Waals surface area contributed by atoms with Crippen LogP contribution < -0.4 is 46.3 Å². The van der Waals surface area contributed by atoms with Gasteiger partial charge in [0, 0.05) is 24.4 Å². The number of Topliss-reactive ketones (excluding diaryl/α,β-unsaturated/α-hetero) is 2. The number of carbonyl (C=O) groups is 5. The van der Waals surface area contributed by atoms with Crippen LogP contribution in [0, 0.1) is 11.8 Å². The number of phenols is 1. The number of fused-ring (bicyclic) bond motifs is 3. The SMILES string of the molecule is COc1ccc([P+](CCCCCCCCCCCC(=O)Nc2ccc3c(c2O)C(=O)C2=C(O)[C@]4(O)C(=O)C(C(N)=O)=C(O)[C@@H](N(C)C)[C@@H]4[C@@H](O)[C@@H]2[C@H]3C)(c2ccc(OC)cc2)c2ccc(OC)cc2)cc1.O=C[O-]. The van der Waals surface area contributed by atoms with Gasteiger partial charge in [0.1, 0.15) is 57.5 Å². The Morgan fingerprint density at radius 1 is 0.757 bits per heavy atom. The first-order valence-corrected chi connectivity index (χ1v) is 26.7. The lowest BCUT2D eigenvalue weighted by Crippen LogP contribution is -2.68. The standard InChI is InChI=1S/C55H66N3O12P.CH2O2/c1-32-39-29-30-40(48(60)43(39)49(61)44-42(32)50(62)46-47(58(2)3)51(63)45(54(56)66)53(65)55(46,67)52(44)64)57-41(59)16-14-12-10-8-7-9-11-13-15-31-71(36-23-17-33(68-4)18-24-36,37-25-19-34(69-5)20-26-37)38-27-21-35(70-6)22-28-38;2-1-3/h17-30,32,42,46-47,50,62,67H,7-16,31H2,1-6H3,(H5-,56,57,59,60,61,63,64,65,66);1H,(H,2,3)/t32-,42+,46+,47-,50-,55-;/m0./s1. The fourth-order valence-electron chi connectivity index (χ4n) is 11.2. The minimum absolute atomic E-state index is 0.0394. The van der Waals surface area contributed by atoms with Crippen LogP contribution in [0.25, 0.3) is 0 Å². The Morgan fingerprint density at radius 3 is 1.64 bits per heavy atom. The monoisotopic (exact) mass is 1040 g/mol. The number of aromatic hydroxyl groups is 1. The Kier molecular flexibility index (Phi) is 18.7. The summed E-state index contributed by atoms with van der Waals surface area (Å²) in [7, 11) is 5.92. The first-order chi connectivity index (χ1) is 35.4. The first kappa shape index (κ1) is 56.5. The van der Waals surface area contributed by atoms with Gasteiger partial charge < -0.3 is 60.7 Å². The number of amides is 2. The number of carbonyl (C=O) groups excluding carboxylic acids is 5. The highest BCUT2D eigenvalue weighted by atomic mass is 31.2. The molecule has 7 rings (SSSR count). The van der Waals surface area contributed by atoms with Gasteiger partial charge in [-0.25, -0.2) is 0 Å². The van der Waals surface area contributed by atoms with Crippen molar-refractivity contribution in [1.82, 2.24) is 4.90 Å². The fourth-order valence-corrected chi connectivity index (χ4v) is 15.5. The number of hydrogen-bond donors (Lipinski definition) is 7. The normalized spacial score (nSPS) is 21.2. The van der Waals surface area contributed by atoms with Crippen molar-refractivity contribution in [1.29, 1.82) is 0 Å². The number of ketones is 2. The first-order valence-electron chi connectivity index (χ1n) is 24.7. The van der Waals surface area contributed by atoms with Gasteiger partial charge in [0.15, 0.2) is 17.1 Å². The number of unbranched alkanes of at least 4 members (excludes halogenated alkanes) is 8. The van der Waals surface area contributed by atoms with E-state index in [0.717, 1.165) is 74.8 Å². The number of phenolic OH excluding ortho intramolecular Hbond substituents is 1. The van der Waals surface area contributed by atoms with Crippen LogP contribution in [-0.4, -0.2) is 120 Å². The quantitative estimate of drug-likeness (QED) is 0.0193. The van der Waals surface area contributed by atoms with E-state index in [1.807, 2.05) is 36.4 Å². The summed E-state index contributed by atoms with van der Waals surface area (Å²) >= 11 is 0. The molecular formula is C56H68N3O14P. The highest BCUT2D eigenvalue weighted by Crippen LogP contribution is 2.58. The topological polar surface area (TPSA) is 279 Å². The molecule has 8 N–H and O–H groups in total. The Bertz CT molecular complexity index is 2630. The number of anilines is 1. The zero-order valence-corrected chi connectivity index (χ0v) is 43.6. The summed E-state index contributed by atoms with van der Waals surface area (Å²) in [6.07, 6.45) is 8.33. The Balaban J connectivity index is 0.00000290. The van der Waals surface area contributed by atoms with E-state index < -0.39 is 95.1 Å². The molecule has 0 fully saturated rings. The Labute approximate surface area is 432 Å². The number of ether oxygens (including phenoxy) is 3. The summed E-state index contributed by atoms with van der Waals surface area (Å²) in [6, 6.07) is 27.1. The minimum atomic E-state index is -3.02. The molecule has 0 unspecified atom stereocenters. The van der Waals surface area contributed by atoms with Gasteiger partial charge in [-0.3, -0.25) is 24.1 Å². The molecule has 3 aliphatic rings. The second kappa shape index (κ2) is 24.5. The van der Waals surface area contributed by atoms with E-state index in [0.29, 0.717) is 12.0 Å². The number of benzene rings is 4. The summed E-state index contributed by atoms with van der Waals surface area (Å²) in [5, 5.41) is 72.8. The van der Waals surface area contributed by atoms with Crippen molar-refractivity contribution in [3.63, 3.8) is 0 Å². The molecule has 0 saturated carbocycles. The van der Waals surface area contributed by atoms with Crippen LogP contribution in [0.2, 0.25) is 0 Å². The number of methoxy groups -OCH3 is 3. The number of nitrogens with two attached hydrogens (primary N) is 1. The van der Waals surface area contributed by atoms with Crippen LogP contribution in [0.4, 0.5) is 5.69 Å². The second-order valence-corrected chi connectivity index (χ2v) is 22.8. The molecule has 2 amide bonds. The molecule has 74 heavy (non-hydrogen) atoms. The summed E-state index contributed by atoms with van der Waals surface area (Å²) in [5.74, 6) is -7.73. The molecule has 17 nitrogen and oxygen atoms in total. The van der Waals surface area contributed by atoms with E-state index in [1.165, 1.54) is 41.0 Å². The number of aliphatic hydroxyl groups excluding tert-OH is 3. The fraction of sp³-hybridized carbons (Fsp3) is 0.411. The largest absolute Gasteiger partial charge is 0.554 e. The van der Waals surface area contributed by atoms with E-state index in [2.05, 4.69) is 41.7 Å². The predicted octanol–water partition coefficient (Wildman–Crippen LogP) is 4.88. The second-order valence-electron chi connectivity index (χ2n) is 19.2. The number of aliphatic hydroxyl groups is 4. The minimum Gasteiger partial charge on any atom is -0.554 e. The molecule has 18 heteroatoms. The summed E-state index contributed by atoms with van der Waals surface area (Å²) < 4.78 is 16.6. The van der Waals surface area contributed by atoms with Crippen molar-refractivity contribution >= 4 is 58.7 Å². The van der Waals surface area contributed by atoms with Crippen molar-refractivity contribution in [2.24, 2.45) is 17.6 Å². The molecule has 396 valence electrons. The number of rotatable bonds is 21. The molecule has 0 heterocycles. The summed E-state index contributed by atoms with van der Waals surface area (Å²) in [4.78, 5) is 63.1. The van der Waals surface area contributed by atoms with E-state index in [1.54, 1.807) is 34.3 Å². The van der Waals surface area contributed by atoms with Crippen molar-refractivity contribution in [2.75, 3.05) is 46.9 Å². The number of nitrogens with zero attached hydrogens (tertiary/aromatic N) is 1. The van der Waals surface area contributed by atoms with Gasteiger partial charge in [-0.15, -0.1) is 0 Å². The molecule has 3 aliphatic carbocycles. The van der Waals surface area contributed by atoms with Crippen LogP contribution in [0.5, 0.6) is 23.0 Å². The Morgan fingerprint density at radius 2 is 1.20 bits per heavy atom. The average Bonchev–Trinajstić information content (AvgIpc) is 3.38. The summed E-state index contributed by atoms with van der Waals surface area (Å²) in [6.45, 7) is 1.15. The maximum atomic E-state index is 14.3. The van der Waals surface area contributed by atoms with Gasteiger partial charge in [-0.2, -0.15) is 0 Å². The predicted molar refractivity (Wildman–Crippen MR) is 280 cm³/mol. The maximum Gasteiger partial charge on any atom is 0.255 e. The molecule has 0 spiro atoms. The van der Waals surface area contributed by atoms with E-state index in [9.17, 15) is 44.7 Å². The van der Waals surface area contributed by atoms with E-state index in [4.69, 9.17) is 29.8 Å². The average molecular weight is 1040 g/mol. The van der Waals surface area contributed by atoms with E-state index >= 15 is 0 Å². The van der Waals surface area contributed by atoms with Gasteiger partial charge in [0.05, 0.1) is 56.8 Å². The lowest BCUT2D eigenvalue weighted by Gasteiger charge is -2.53. The van der Waals surface area contributed by atoms with Crippen molar-refractivity contribution < 1.29 is 68.8 Å². The van der Waals surface area contributed by atoms with Crippen molar-refractivity contribution in [2.45, 2.75) is 94.8 Å². The third-order valence-electron chi connectivity index (χ3n) is 14.8. The van der Waals surface area contributed by atoms with E-state index in [-0.39, 0.29) is 23.6 Å². The summed E-state index contributed by atoms with van der Waals surface area (Å²) in [5.41, 5.74) is 0.927. The highest BCUT2D eigenvalue weighted by Gasteiger charge is 2.67. The van der Waals surface area contributed by atoms with Crippen LogP contribution in [0.3, 0.4) is 0 Å². The lowest BCUT2D eigenvalue weighted by atomic mass is 9.55.